The zero-order chi connectivity index (χ0) is 7.40. The summed E-state index contributed by atoms with van der Waals surface area (Å²) in [7, 11) is 0. The Morgan fingerprint density at radius 2 is 2.50 bits per heavy atom. The lowest BCUT2D eigenvalue weighted by Crippen LogP contribution is -1.81. The van der Waals surface area contributed by atoms with Gasteiger partial charge in [0, 0.05) is 18.0 Å². The number of aromatic nitrogens is 1. The van der Waals surface area contributed by atoms with Crippen LogP contribution in [0.3, 0.4) is 0 Å². The third-order valence-electron chi connectivity index (χ3n) is 0.998. The minimum Gasteiger partial charge on any atom is -0.361 e. The molecule has 0 aromatic carbocycles. The normalized spacial score (nSPS) is 10.4. The van der Waals surface area contributed by atoms with Crippen molar-refractivity contribution < 1.29 is 4.92 Å². The summed E-state index contributed by atoms with van der Waals surface area (Å²) in [5.41, 5.74) is 0.733. The predicted molar refractivity (Wildman–Crippen MR) is 36.8 cm³/mol. The van der Waals surface area contributed by atoms with Gasteiger partial charge in [-0.2, -0.15) is 0 Å². The van der Waals surface area contributed by atoms with Crippen LogP contribution in [0.1, 0.15) is 5.69 Å². The molecule has 0 unspecified atom stereocenters. The Hall–Kier alpha value is -1.58. The Morgan fingerprint density at radius 1 is 1.70 bits per heavy atom. The maximum absolute atomic E-state index is 9.80. The molecule has 4 nitrogen and oxygen atoms in total. The quantitative estimate of drug-likeness (QED) is 0.494. The minimum atomic E-state index is -0.499. The van der Waals surface area contributed by atoms with Crippen molar-refractivity contribution in [3.63, 3.8) is 0 Å². The van der Waals surface area contributed by atoms with Gasteiger partial charge in [-0.3, -0.25) is 10.1 Å². The van der Waals surface area contributed by atoms with Crippen LogP contribution in [0.5, 0.6) is 0 Å². The zero-order valence-corrected chi connectivity index (χ0v) is 5.15. The van der Waals surface area contributed by atoms with Crippen LogP contribution in [0.15, 0.2) is 24.5 Å². The molecule has 4 heteroatoms. The minimum absolute atomic E-state index is 0.499. The van der Waals surface area contributed by atoms with E-state index in [4.69, 9.17) is 0 Å². The summed E-state index contributed by atoms with van der Waals surface area (Å²) in [4.78, 5) is 12.1. The fourth-order valence-corrected chi connectivity index (χ4v) is 0.589. The lowest BCUT2D eigenvalue weighted by Gasteiger charge is -1.79. The Morgan fingerprint density at radius 3 is 3.00 bits per heavy atom. The second-order valence-electron chi connectivity index (χ2n) is 1.73. The molecule has 52 valence electrons. The van der Waals surface area contributed by atoms with E-state index >= 15 is 0 Å². The highest BCUT2D eigenvalue weighted by Gasteiger charge is 1.87. The largest absolute Gasteiger partial charge is 0.361 e. The third-order valence-corrected chi connectivity index (χ3v) is 0.998. The highest BCUT2D eigenvalue weighted by atomic mass is 16.6. The van der Waals surface area contributed by atoms with Gasteiger partial charge >= 0.3 is 0 Å². The number of nitrogens with zero attached hydrogens (tertiary/aromatic N) is 1. The summed E-state index contributed by atoms with van der Waals surface area (Å²) in [6.07, 6.45) is 4.01. The van der Waals surface area contributed by atoms with Crippen molar-refractivity contribution >= 4 is 6.08 Å². The highest BCUT2D eigenvalue weighted by Crippen LogP contribution is 1.96. The Kier molecular flexibility index (Phi) is 1.84. The standard InChI is InChI=1S/C6H6N2O2/c9-8(10)5-3-6-2-1-4-7-6/h1-5,7H. The third kappa shape index (κ3) is 1.74. The fourth-order valence-electron chi connectivity index (χ4n) is 0.589. The molecule has 1 aromatic heterocycles. The van der Waals surface area contributed by atoms with Crippen molar-refractivity contribution in [2.24, 2.45) is 0 Å². The van der Waals surface area contributed by atoms with Crippen molar-refractivity contribution in [2.75, 3.05) is 0 Å². The average molecular weight is 138 g/mol. The van der Waals surface area contributed by atoms with E-state index in [0.717, 1.165) is 11.9 Å². The summed E-state index contributed by atoms with van der Waals surface area (Å²) >= 11 is 0. The first-order valence-electron chi connectivity index (χ1n) is 2.74. The van der Waals surface area contributed by atoms with Gasteiger partial charge in [-0.05, 0) is 12.1 Å². The fraction of sp³-hybridized carbons (Fsp3) is 0. The molecule has 0 atom stereocenters. The van der Waals surface area contributed by atoms with E-state index in [2.05, 4.69) is 4.98 Å². The van der Waals surface area contributed by atoms with Gasteiger partial charge in [0.25, 0.3) is 0 Å². The molecule has 0 aliphatic carbocycles. The molecule has 1 aromatic rings. The number of nitro groups is 1. The molecule has 0 aliphatic heterocycles. The number of H-pyrrole nitrogens is 1. The van der Waals surface area contributed by atoms with Crippen LogP contribution in [0.2, 0.25) is 0 Å². The maximum atomic E-state index is 9.80. The van der Waals surface area contributed by atoms with Gasteiger partial charge in [0.1, 0.15) is 0 Å². The van der Waals surface area contributed by atoms with Crippen LogP contribution in [0.4, 0.5) is 0 Å². The molecule has 0 aliphatic rings. The molecule has 0 bridgehead atoms. The van der Waals surface area contributed by atoms with Gasteiger partial charge in [-0.15, -0.1) is 0 Å². The van der Waals surface area contributed by atoms with Gasteiger partial charge in [0.05, 0.1) is 4.92 Å². The molecular weight excluding hydrogens is 132 g/mol. The summed E-state index contributed by atoms with van der Waals surface area (Å²) in [6, 6.07) is 3.53. The number of hydrogen-bond acceptors (Lipinski definition) is 2. The van der Waals surface area contributed by atoms with Crippen LogP contribution < -0.4 is 0 Å². The molecule has 1 rings (SSSR count). The van der Waals surface area contributed by atoms with E-state index in [9.17, 15) is 10.1 Å². The number of aromatic amines is 1. The van der Waals surface area contributed by atoms with Gasteiger partial charge in [0.2, 0.25) is 6.20 Å². The van der Waals surface area contributed by atoms with Crippen molar-refractivity contribution in [3.05, 3.63) is 40.3 Å². The SMILES string of the molecule is O=[N+]([O-])C=Cc1ccc[nH]1. The molecule has 1 N–H and O–H groups in total. The molecule has 0 radical (unpaired) electrons. The first-order valence-corrected chi connectivity index (χ1v) is 2.74. The van der Waals surface area contributed by atoms with Gasteiger partial charge in [-0.25, -0.2) is 0 Å². The average Bonchev–Trinajstić information content (AvgIpc) is 2.34. The van der Waals surface area contributed by atoms with Crippen molar-refractivity contribution in [1.82, 2.24) is 4.98 Å². The van der Waals surface area contributed by atoms with Crippen LogP contribution in [0, 0.1) is 10.1 Å². The first kappa shape index (κ1) is 6.54. The van der Waals surface area contributed by atoms with E-state index < -0.39 is 4.92 Å². The van der Waals surface area contributed by atoms with Gasteiger partial charge in [0.15, 0.2) is 0 Å². The van der Waals surface area contributed by atoms with Crippen molar-refractivity contribution in [1.29, 1.82) is 0 Å². The van der Waals surface area contributed by atoms with Crippen molar-refractivity contribution in [3.8, 4) is 0 Å². The molecule has 0 amide bonds. The smallest absolute Gasteiger partial charge is 0.236 e. The highest BCUT2D eigenvalue weighted by molar-refractivity contribution is 5.42. The van der Waals surface area contributed by atoms with Crippen LogP contribution in [-0.4, -0.2) is 9.91 Å². The molecular formula is C6H6N2O2. The topological polar surface area (TPSA) is 58.9 Å². The van der Waals surface area contributed by atoms with Gasteiger partial charge < -0.3 is 4.98 Å². The molecule has 0 saturated heterocycles. The van der Waals surface area contributed by atoms with Crippen LogP contribution in [0.25, 0.3) is 6.08 Å². The van der Waals surface area contributed by atoms with E-state index in [-0.39, 0.29) is 0 Å². The molecule has 0 spiro atoms. The zero-order valence-electron chi connectivity index (χ0n) is 5.15. The van der Waals surface area contributed by atoms with Gasteiger partial charge in [-0.1, -0.05) is 0 Å². The number of nitrogens with one attached hydrogen (secondary N) is 1. The molecule has 10 heavy (non-hydrogen) atoms. The lowest BCUT2D eigenvalue weighted by atomic mass is 10.4. The summed E-state index contributed by atoms with van der Waals surface area (Å²) in [6.45, 7) is 0. The first-order chi connectivity index (χ1) is 4.79. The summed E-state index contributed by atoms with van der Waals surface area (Å²) in [5, 5.41) is 9.80. The van der Waals surface area contributed by atoms with E-state index in [1.165, 1.54) is 6.08 Å². The summed E-state index contributed by atoms with van der Waals surface area (Å²) < 4.78 is 0. The van der Waals surface area contributed by atoms with Crippen LogP contribution >= 0.6 is 0 Å². The van der Waals surface area contributed by atoms with E-state index in [1.54, 1.807) is 18.3 Å². The molecule has 0 saturated carbocycles. The molecule has 1 heterocycles. The Labute approximate surface area is 57.3 Å². The van der Waals surface area contributed by atoms with E-state index in [1.807, 2.05) is 0 Å². The monoisotopic (exact) mass is 138 g/mol. The van der Waals surface area contributed by atoms with Crippen molar-refractivity contribution in [2.45, 2.75) is 0 Å². The second kappa shape index (κ2) is 2.82. The molecule has 0 fully saturated rings. The number of rotatable bonds is 2. The predicted octanol–water partition coefficient (Wildman–Crippen LogP) is 1.26. The Bertz CT molecular complexity index is 238. The Balaban J connectivity index is 2.64. The summed E-state index contributed by atoms with van der Waals surface area (Å²) in [5.74, 6) is 0. The number of hydrogen-bond donors (Lipinski definition) is 1. The van der Waals surface area contributed by atoms with Crippen LogP contribution in [-0.2, 0) is 0 Å². The second-order valence-corrected chi connectivity index (χ2v) is 1.73. The lowest BCUT2D eigenvalue weighted by molar-refractivity contribution is -0.401. The maximum Gasteiger partial charge on any atom is 0.236 e. The van der Waals surface area contributed by atoms with E-state index in [0.29, 0.717) is 0 Å².